The molecule has 0 aliphatic heterocycles. The maximum absolute atomic E-state index is 12.8. The number of benzene rings is 1. The average molecular weight is 313 g/mol. The van der Waals surface area contributed by atoms with Gasteiger partial charge in [-0.25, -0.2) is 0 Å². The summed E-state index contributed by atoms with van der Waals surface area (Å²) in [6.07, 6.45) is -5.95. The molecule has 0 fully saturated rings. The van der Waals surface area contributed by atoms with Crippen LogP contribution in [-0.2, 0) is 11.3 Å². The number of nitrogens with one attached hydrogen (secondary N) is 1. The van der Waals surface area contributed by atoms with Gasteiger partial charge in [0.1, 0.15) is 11.5 Å². The number of rotatable bonds is 5. The maximum Gasteiger partial charge on any atom is 0.463 e. The Morgan fingerprint density at radius 3 is 2.24 bits per heavy atom. The lowest BCUT2D eigenvalue weighted by atomic mass is 10.1. The van der Waals surface area contributed by atoms with Crippen LogP contribution in [0.5, 0.6) is 11.5 Å². The standard InChI is InChI=1S/C12H12F5NO3/c1-20-8-3-4-9(21-2)7(5-8)6-18-10(19)11(13,14)12(15,16)17/h3-5H,6H2,1-2H3,(H,18,19). The maximum atomic E-state index is 12.8. The van der Waals surface area contributed by atoms with Gasteiger partial charge in [0.25, 0.3) is 0 Å². The van der Waals surface area contributed by atoms with Crippen LogP contribution < -0.4 is 14.8 Å². The highest BCUT2D eigenvalue weighted by molar-refractivity contribution is 5.84. The van der Waals surface area contributed by atoms with E-state index in [9.17, 15) is 26.7 Å². The van der Waals surface area contributed by atoms with Gasteiger partial charge in [0, 0.05) is 12.1 Å². The van der Waals surface area contributed by atoms with E-state index in [-0.39, 0.29) is 11.3 Å². The van der Waals surface area contributed by atoms with Gasteiger partial charge in [-0.2, -0.15) is 22.0 Å². The van der Waals surface area contributed by atoms with Crippen LogP contribution >= 0.6 is 0 Å². The smallest absolute Gasteiger partial charge is 0.463 e. The molecule has 0 spiro atoms. The van der Waals surface area contributed by atoms with E-state index in [0.29, 0.717) is 5.75 Å². The lowest BCUT2D eigenvalue weighted by molar-refractivity contribution is -0.269. The predicted octanol–water partition coefficient (Wildman–Crippen LogP) is 2.52. The first-order valence-electron chi connectivity index (χ1n) is 5.57. The number of carbonyl (C=O) groups is 1. The molecule has 1 amide bonds. The third-order valence-corrected chi connectivity index (χ3v) is 2.57. The zero-order valence-corrected chi connectivity index (χ0v) is 11.1. The van der Waals surface area contributed by atoms with Crippen molar-refractivity contribution in [2.45, 2.75) is 18.6 Å². The van der Waals surface area contributed by atoms with Gasteiger partial charge in [-0.3, -0.25) is 4.79 Å². The second kappa shape index (κ2) is 6.15. The molecular formula is C12H12F5NO3. The number of hydrogen-bond acceptors (Lipinski definition) is 3. The Morgan fingerprint density at radius 1 is 1.14 bits per heavy atom. The van der Waals surface area contributed by atoms with Crippen molar-refractivity contribution < 1.29 is 36.2 Å². The Bertz CT molecular complexity index is 516. The van der Waals surface area contributed by atoms with Gasteiger partial charge < -0.3 is 14.8 Å². The summed E-state index contributed by atoms with van der Waals surface area (Å²) in [5, 5.41) is 1.53. The fourth-order valence-corrected chi connectivity index (χ4v) is 1.44. The lowest BCUT2D eigenvalue weighted by Gasteiger charge is -2.19. The van der Waals surface area contributed by atoms with Crippen molar-refractivity contribution >= 4 is 5.91 Å². The van der Waals surface area contributed by atoms with E-state index < -0.39 is 24.6 Å². The average Bonchev–Trinajstić information content (AvgIpc) is 2.42. The Morgan fingerprint density at radius 2 is 1.76 bits per heavy atom. The van der Waals surface area contributed by atoms with Crippen LogP contribution in [0.15, 0.2) is 18.2 Å². The summed E-state index contributed by atoms with van der Waals surface area (Å²) in [6.45, 7) is -0.565. The second-order valence-corrected chi connectivity index (χ2v) is 3.93. The van der Waals surface area contributed by atoms with E-state index in [1.165, 1.54) is 37.7 Å². The fraction of sp³-hybridized carbons (Fsp3) is 0.417. The van der Waals surface area contributed by atoms with Crippen molar-refractivity contribution in [3.8, 4) is 11.5 Å². The van der Waals surface area contributed by atoms with Crippen LogP contribution in [0.25, 0.3) is 0 Å². The van der Waals surface area contributed by atoms with E-state index in [4.69, 9.17) is 9.47 Å². The van der Waals surface area contributed by atoms with Crippen molar-refractivity contribution in [2.75, 3.05) is 14.2 Å². The molecule has 0 radical (unpaired) electrons. The molecule has 0 heterocycles. The third kappa shape index (κ3) is 3.73. The molecule has 0 atom stereocenters. The Labute approximate surface area is 116 Å². The van der Waals surface area contributed by atoms with Crippen LogP contribution in [0.1, 0.15) is 5.56 Å². The Kier molecular flexibility index (Phi) is 4.97. The number of ether oxygens (including phenoxy) is 2. The zero-order chi connectivity index (χ0) is 16.3. The summed E-state index contributed by atoms with van der Waals surface area (Å²) in [4.78, 5) is 11.0. The number of halogens is 5. The first kappa shape index (κ1) is 17.0. The van der Waals surface area contributed by atoms with Gasteiger partial charge in [-0.1, -0.05) is 0 Å². The number of carbonyl (C=O) groups excluding carboxylic acids is 1. The largest absolute Gasteiger partial charge is 0.497 e. The highest BCUT2D eigenvalue weighted by Crippen LogP contribution is 2.35. The number of methoxy groups -OCH3 is 2. The van der Waals surface area contributed by atoms with E-state index in [0.717, 1.165) is 0 Å². The topological polar surface area (TPSA) is 47.6 Å². The molecule has 0 unspecified atom stereocenters. The molecule has 1 rings (SSSR count). The second-order valence-electron chi connectivity index (χ2n) is 3.93. The molecule has 118 valence electrons. The first-order valence-corrected chi connectivity index (χ1v) is 5.57. The molecule has 4 nitrogen and oxygen atoms in total. The van der Waals surface area contributed by atoms with Gasteiger partial charge in [-0.15, -0.1) is 0 Å². The predicted molar refractivity (Wildman–Crippen MR) is 62.4 cm³/mol. The molecule has 0 aliphatic carbocycles. The molecule has 21 heavy (non-hydrogen) atoms. The molecule has 0 saturated carbocycles. The summed E-state index contributed by atoms with van der Waals surface area (Å²) in [6, 6.07) is 4.29. The van der Waals surface area contributed by atoms with Crippen LogP contribution in [0.3, 0.4) is 0 Å². The lowest BCUT2D eigenvalue weighted by Crippen LogP contribution is -2.50. The Balaban J connectivity index is 2.86. The SMILES string of the molecule is COc1ccc(OC)c(CNC(=O)C(F)(F)C(F)(F)F)c1. The van der Waals surface area contributed by atoms with Crippen LogP contribution in [0.2, 0.25) is 0 Å². The normalized spacial score (nSPS) is 12.0. The van der Waals surface area contributed by atoms with Crippen molar-refractivity contribution in [1.29, 1.82) is 0 Å². The Hall–Kier alpha value is -2.06. The monoisotopic (exact) mass is 313 g/mol. The fourth-order valence-electron chi connectivity index (χ4n) is 1.44. The van der Waals surface area contributed by atoms with E-state index in [2.05, 4.69) is 0 Å². The molecule has 0 saturated heterocycles. The van der Waals surface area contributed by atoms with E-state index in [1.807, 2.05) is 0 Å². The van der Waals surface area contributed by atoms with Crippen molar-refractivity contribution in [3.05, 3.63) is 23.8 Å². The van der Waals surface area contributed by atoms with Gasteiger partial charge >= 0.3 is 18.0 Å². The molecule has 9 heteroatoms. The summed E-state index contributed by atoms with van der Waals surface area (Å²) >= 11 is 0. The molecule has 0 aromatic heterocycles. The third-order valence-electron chi connectivity index (χ3n) is 2.57. The summed E-state index contributed by atoms with van der Waals surface area (Å²) in [5.41, 5.74) is 0.197. The van der Waals surface area contributed by atoms with Crippen molar-refractivity contribution in [3.63, 3.8) is 0 Å². The minimum absolute atomic E-state index is 0.197. The van der Waals surface area contributed by atoms with E-state index in [1.54, 1.807) is 0 Å². The molecule has 0 bridgehead atoms. The molecule has 1 N–H and O–H groups in total. The number of hydrogen-bond donors (Lipinski definition) is 1. The van der Waals surface area contributed by atoms with Crippen molar-refractivity contribution in [1.82, 2.24) is 5.32 Å². The minimum Gasteiger partial charge on any atom is -0.497 e. The van der Waals surface area contributed by atoms with Crippen LogP contribution in [0.4, 0.5) is 22.0 Å². The summed E-state index contributed by atoms with van der Waals surface area (Å²) < 4.78 is 71.4. The van der Waals surface area contributed by atoms with Crippen LogP contribution in [-0.4, -0.2) is 32.2 Å². The quantitative estimate of drug-likeness (QED) is 0.850. The van der Waals surface area contributed by atoms with Gasteiger partial charge in [0.2, 0.25) is 0 Å². The summed E-state index contributed by atoms with van der Waals surface area (Å²) in [7, 11) is 2.64. The highest BCUT2D eigenvalue weighted by atomic mass is 19.4. The number of amides is 1. The molecule has 0 aliphatic rings. The zero-order valence-electron chi connectivity index (χ0n) is 11.1. The van der Waals surface area contributed by atoms with Gasteiger partial charge in [0.15, 0.2) is 0 Å². The highest BCUT2D eigenvalue weighted by Gasteiger charge is 2.63. The van der Waals surface area contributed by atoms with Gasteiger partial charge in [-0.05, 0) is 18.2 Å². The van der Waals surface area contributed by atoms with Crippen LogP contribution in [0, 0.1) is 0 Å². The molecule has 1 aromatic carbocycles. The van der Waals surface area contributed by atoms with Gasteiger partial charge in [0.05, 0.1) is 14.2 Å². The van der Waals surface area contributed by atoms with Crippen molar-refractivity contribution in [2.24, 2.45) is 0 Å². The molecule has 1 aromatic rings. The summed E-state index contributed by atoms with van der Waals surface area (Å²) in [5.74, 6) is -7.34. The molecular weight excluding hydrogens is 301 g/mol. The number of alkyl halides is 5. The first-order chi connectivity index (χ1) is 9.63. The minimum atomic E-state index is -5.95. The van der Waals surface area contributed by atoms with E-state index >= 15 is 0 Å².